The molecule has 0 fully saturated rings. The second-order valence-corrected chi connectivity index (χ2v) is 4.31. The van der Waals surface area contributed by atoms with E-state index in [9.17, 15) is 14.7 Å². The monoisotopic (exact) mass is 281 g/mol. The van der Waals surface area contributed by atoms with E-state index in [1.54, 1.807) is 0 Å². The van der Waals surface area contributed by atoms with Crippen molar-refractivity contribution in [3.8, 4) is 0 Å². The number of hydrogen-bond donors (Lipinski definition) is 3. The molecule has 8 heteroatoms. The Morgan fingerprint density at radius 2 is 2.30 bits per heavy atom. The Balaban J connectivity index is 2.23. The number of aliphatic hydroxyl groups is 2. The van der Waals surface area contributed by atoms with Gasteiger partial charge < -0.3 is 20.3 Å². The number of rotatable bonds is 3. The zero-order valence-corrected chi connectivity index (χ0v) is 10.8. The number of carbonyl (C=O) groups is 1. The van der Waals surface area contributed by atoms with E-state index in [1.165, 1.54) is 35.9 Å². The maximum Gasteiger partial charge on any atom is 0.351 e. The van der Waals surface area contributed by atoms with Gasteiger partial charge in [-0.05, 0) is 12.1 Å². The van der Waals surface area contributed by atoms with Gasteiger partial charge in [0.2, 0.25) is 5.91 Å². The number of nitrogens with zero attached hydrogens (tertiary/aromatic N) is 2. The SMILES string of the molecule is CC(=O)Nc1ccn([C@H]2C=C[C@H](O)[C@@H](CO)O2)c(=O)n1. The fourth-order valence-corrected chi connectivity index (χ4v) is 1.80. The van der Waals surface area contributed by atoms with Crippen LogP contribution in [0, 0.1) is 0 Å². The van der Waals surface area contributed by atoms with Crippen molar-refractivity contribution >= 4 is 11.7 Å². The van der Waals surface area contributed by atoms with E-state index < -0.39 is 24.1 Å². The number of amides is 1. The Bertz CT molecular complexity index is 583. The predicted octanol–water partition coefficient (Wildman–Crippen LogP) is -0.992. The molecule has 3 atom stereocenters. The van der Waals surface area contributed by atoms with Crippen molar-refractivity contribution in [1.82, 2.24) is 9.55 Å². The molecule has 3 N–H and O–H groups in total. The molecule has 0 bridgehead atoms. The van der Waals surface area contributed by atoms with Crippen LogP contribution in [0.2, 0.25) is 0 Å². The van der Waals surface area contributed by atoms with Gasteiger partial charge in [0, 0.05) is 13.1 Å². The van der Waals surface area contributed by atoms with E-state index in [2.05, 4.69) is 10.3 Å². The first-order chi connectivity index (χ1) is 9.51. The smallest absolute Gasteiger partial charge is 0.351 e. The summed E-state index contributed by atoms with van der Waals surface area (Å²) in [4.78, 5) is 26.4. The summed E-state index contributed by atoms with van der Waals surface area (Å²) in [7, 11) is 0. The molecule has 1 aliphatic rings. The zero-order chi connectivity index (χ0) is 14.7. The first kappa shape index (κ1) is 14.4. The molecular formula is C12H15N3O5. The number of anilines is 1. The molecule has 0 radical (unpaired) electrons. The average Bonchev–Trinajstić information content (AvgIpc) is 2.39. The largest absolute Gasteiger partial charge is 0.394 e. The minimum atomic E-state index is -0.918. The molecule has 0 saturated heterocycles. The van der Waals surface area contributed by atoms with Gasteiger partial charge >= 0.3 is 5.69 Å². The Morgan fingerprint density at radius 1 is 1.55 bits per heavy atom. The normalized spacial score (nSPS) is 25.4. The van der Waals surface area contributed by atoms with Gasteiger partial charge in [0.15, 0.2) is 6.23 Å². The van der Waals surface area contributed by atoms with Crippen molar-refractivity contribution in [2.45, 2.75) is 25.4 Å². The lowest BCUT2D eigenvalue weighted by molar-refractivity contribution is -0.114. The highest BCUT2D eigenvalue weighted by Gasteiger charge is 2.26. The van der Waals surface area contributed by atoms with E-state index >= 15 is 0 Å². The quantitative estimate of drug-likeness (QED) is 0.613. The lowest BCUT2D eigenvalue weighted by Crippen LogP contribution is -2.39. The molecule has 0 spiro atoms. The average molecular weight is 281 g/mol. The molecule has 2 heterocycles. The summed E-state index contributed by atoms with van der Waals surface area (Å²) in [6.45, 7) is 0.946. The fourth-order valence-electron chi connectivity index (χ4n) is 1.80. The molecule has 0 unspecified atom stereocenters. The molecule has 0 aliphatic carbocycles. The maximum atomic E-state index is 11.9. The van der Waals surface area contributed by atoms with Crippen LogP contribution >= 0.6 is 0 Å². The Kier molecular flexibility index (Phi) is 4.28. The highest BCUT2D eigenvalue weighted by Crippen LogP contribution is 2.19. The van der Waals surface area contributed by atoms with Crippen molar-refractivity contribution < 1.29 is 19.7 Å². The zero-order valence-electron chi connectivity index (χ0n) is 10.8. The van der Waals surface area contributed by atoms with Crippen LogP contribution in [0.5, 0.6) is 0 Å². The summed E-state index contributed by atoms with van der Waals surface area (Å²) in [5.41, 5.74) is -0.612. The summed E-state index contributed by atoms with van der Waals surface area (Å²) < 4.78 is 6.58. The summed E-state index contributed by atoms with van der Waals surface area (Å²) in [5.74, 6) is -0.177. The molecule has 1 aromatic heterocycles. The van der Waals surface area contributed by atoms with E-state index in [1.807, 2.05) is 0 Å². The second-order valence-electron chi connectivity index (χ2n) is 4.31. The lowest BCUT2D eigenvalue weighted by Gasteiger charge is -2.29. The minimum Gasteiger partial charge on any atom is -0.394 e. The predicted molar refractivity (Wildman–Crippen MR) is 68.9 cm³/mol. The van der Waals surface area contributed by atoms with Crippen LogP contribution < -0.4 is 11.0 Å². The van der Waals surface area contributed by atoms with Crippen molar-refractivity contribution in [2.75, 3.05) is 11.9 Å². The standard InChI is InChI=1S/C12H15N3O5/c1-7(17)13-10-4-5-15(12(19)14-10)11-3-2-8(18)9(6-16)20-11/h2-5,8-9,11,16,18H,6H2,1H3,(H,13,14,17,19)/t8-,9+,11+/m0/s1. The second kappa shape index (κ2) is 5.95. The van der Waals surface area contributed by atoms with E-state index in [4.69, 9.17) is 9.84 Å². The first-order valence-electron chi connectivity index (χ1n) is 6.00. The number of aromatic nitrogens is 2. The van der Waals surface area contributed by atoms with Gasteiger partial charge in [0.05, 0.1) is 6.61 Å². The minimum absolute atomic E-state index is 0.150. The first-order valence-corrected chi connectivity index (χ1v) is 6.00. The molecule has 1 aromatic rings. The summed E-state index contributed by atoms with van der Waals surface area (Å²) in [5, 5.41) is 21.0. The molecule has 8 nitrogen and oxygen atoms in total. The maximum absolute atomic E-state index is 11.9. The number of hydrogen-bond acceptors (Lipinski definition) is 6. The van der Waals surface area contributed by atoms with Gasteiger partial charge in [-0.3, -0.25) is 9.36 Å². The van der Waals surface area contributed by atoms with Gasteiger partial charge in [-0.2, -0.15) is 4.98 Å². The summed E-state index contributed by atoms with van der Waals surface area (Å²) >= 11 is 0. The molecule has 0 saturated carbocycles. The van der Waals surface area contributed by atoms with Crippen molar-refractivity contribution in [1.29, 1.82) is 0 Å². The van der Waals surface area contributed by atoms with Gasteiger partial charge in [0.25, 0.3) is 0 Å². The number of nitrogens with one attached hydrogen (secondary N) is 1. The summed E-state index contributed by atoms with van der Waals surface area (Å²) in [6, 6.07) is 1.46. The summed E-state index contributed by atoms with van der Waals surface area (Å²) in [6.07, 6.45) is 1.88. The highest BCUT2D eigenvalue weighted by molar-refractivity contribution is 5.87. The van der Waals surface area contributed by atoms with Crippen LogP contribution in [0.1, 0.15) is 13.2 Å². The van der Waals surface area contributed by atoms with Crippen molar-refractivity contribution in [3.05, 3.63) is 34.9 Å². The van der Waals surface area contributed by atoms with Gasteiger partial charge in [-0.1, -0.05) is 6.08 Å². The third kappa shape index (κ3) is 3.10. The third-order valence-corrected chi connectivity index (χ3v) is 2.76. The van der Waals surface area contributed by atoms with E-state index in [0.29, 0.717) is 0 Å². The van der Waals surface area contributed by atoms with E-state index in [-0.39, 0.29) is 18.3 Å². The van der Waals surface area contributed by atoms with Crippen molar-refractivity contribution in [3.63, 3.8) is 0 Å². The topological polar surface area (TPSA) is 114 Å². The highest BCUT2D eigenvalue weighted by atomic mass is 16.5. The molecule has 1 aliphatic heterocycles. The molecule has 20 heavy (non-hydrogen) atoms. The van der Waals surface area contributed by atoms with E-state index in [0.717, 1.165) is 0 Å². The number of aliphatic hydroxyl groups excluding tert-OH is 2. The third-order valence-electron chi connectivity index (χ3n) is 2.76. The molecular weight excluding hydrogens is 266 g/mol. The van der Waals surface area contributed by atoms with Gasteiger partial charge in [-0.15, -0.1) is 0 Å². The Morgan fingerprint density at radius 3 is 2.90 bits per heavy atom. The van der Waals surface area contributed by atoms with Crippen LogP contribution in [-0.2, 0) is 9.53 Å². The Labute approximate surface area is 114 Å². The lowest BCUT2D eigenvalue weighted by atomic mass is 10.1. The van der Waals surface area contributed by atoms with Gasteiger partial charge in [-0.25, -0.2) is 4.79 Å². The molecule has 0 aromatic carbocycles. The molecule has 2 rings (SSSR count). The van der Waals surface area contributed by atoms with Crippen molar-refractivity contribution in [2.24, 2.45) is 0 Å². The van der Waals surface area contributed by atoms with Crippen LogP contribution in [0.4, 0.5) is 5.82 Å². The number of carbonyl (C=O) groups excluding carboxylic acids is 1. The fraction of sp³-hybridized carbons (Fsp3) is 0.417. The molecule has 108 valence electrons. The van der Waals surface area contributed by atoms with Crippen LogP contribution in [0.15, 0.2) is 29.2 Å². The Hall–Kier alpha value is -2.03. The van der Waals surface area contributed by atoms with Crippen LogP contribution in [0.25, 0.3) is 0 Å². The van der Waals surface area contributed by atoms with Crippen LogP contribution in [0.3, 0.4) is 0 Å². The van der Waals surface area contributed by atoms with Gasteiger partial charge in [0.1, 0.15) is 18.0 Å². The molecule has 1 amide bonds. The van der Waals surface area contributed by atoms with Crippen LogP contribution in [-0.4, -0.2) is 44.5 Å². The number of ether oxygens (including phenoxy) is 1.